The smallest absolute Gasteiger partial charge is 0.128 e. The molecule has 0 radical (unpaired) electrons. The summed E-state index contributed by atoms with van der Waals surface area (Å²) in [6.45, 7) is 2.10. The average Bonchev–Trinajstić information content (AvgIpc) is 3.04. The van der Waals surface area contributed by atoms with Crippen LogP contribution in [0.4, 0.5) is 0 Å². The van der Waals surface area contributed by atoms with Gasteiger partial charge in [0.25, 0.3) is 0 Å². The first kappa shape index (κ1) is 14.6. The van der Waals surface area contributed by atoms with E-state index in [-0.39, 0.29) is 0 Å². The number of hydrogen-bond donors (Lipinski definition) is 0. The number of aromatic nitrogens is 1. The molecule has 0 N–H and O–H groups in total. The maximum absolute atomic E-state index is 5.45. The summed E-state index contributed by atoms with van der Waals surface area (Å²) in [6, 6.07) is 14.0. The zero-order valence-corrected chi connectivity index (χ0v) is 13.6. The van der Waals surface area contributed by atoms with Gasteiger partial charge in [0, 0.05) is 16.5 Å². The van der Waals surface area contributed by atoms with E-state index < -0.39 is 0 Å². The molecule has 22 heavy (non-hydrogen) atoms. The van der Waals surface area contributed by atoms with Crippen molar-refractivity contribution >= 4 is 11.3 Å². The van der Waals surface area contributed by atoms with E-state index >= 15 is 0 Å². The standard InChI is InChI=1S/C18H17NO2S/c1-12-6-4-5-7-14(12)18-19-16(11-22-18)15-10-13(20-2)8-9-17(15)21-3/h4-11H,1-3H3. The third-order valence-corrected chi connectivity index (χ3v) is 4.44. The lowest BCUT2D eigenvalue weighted by Crippen LogP contribution is -1.90. The second kappa shape index (κ2) is 6.20. The molecule has 1 heterocycles. The average molecular weight is 311 g/mol. The number of methoxy groups -OCH3 is 2. The molecule has 0 amide bonds. The highest BCUT2D eigenvalue weighted by Gasteiger charge is 2.13. The molecule has 112 valence electrons. The third kappa shape index (κ3) is 2.70. The predicted octanol–water partition coefficient (Wildman–Crippen LogP) is 4.80. The zero-order chi connectivity index (χ0) is 15.5. The number of hydrogen-bond acceptors (Lipinski definition) is 4. The summed E-state index contributed by atoms with van der Waals surface area (Å²) in [5, 5.41) is 3.07. The Hall–Kier alpha value is -2.33. The molecule has 0 bridgehead atoms. The summed E-state index contributed by atoms with van der Waals surface area (Å²) >= 11 is 1.64. The molecule has 0 unspecified atom stereocenters. The molecule has 3 aromatic rings. The van der Waals surface area contributed by atoms with E-state index in [0.29, 0.717) is 0 Å². The molecular formula is C18H17NO2S. The Kier molecular flexibility index (Phi) is 4.11. The van der Waals surface area contributed by atoms with Crippen LogP contribution in [0.25, 0.3) is 21.8 Å². The lowest BCUT2D eigenvalue weighted by molar-refractivity contribution is 0.404. The second-order valence-electron chi connectivity index (χ2n) is 4.92. The zero-order valence-electron chi connectivity index (χ0n) is 12.8. The maximum atomic E-state index is 5.45. The van der Waals surface area contributed by atoms with Gasteiger partial charge in [0.2, 0.25) is 0 Å². The number of thiazole rings is 1. The predicted molar refractivity (Wildman–Crippen MR) is 90.8 cm³/mol. The summed E-state index contributed by atoms with van der Waals surface area (Å²) in [7, 11) is 3.32. The normalized spacial score (nSPS) is 10.5. The van der Waals surface area contributed by atoms with E-state index in [0.717, 1.165) is 27.8 Å². The second-order valence-corrected chi connectivity index (χ2v) is 5.78. The Morgan fingerprint density at radius 1 is 0.955 bits per heavy atom. The molecular weight excluding hydrogens is 294 g/mol. The van der Waals surface area contributed by atoms with E-state index in [2.05, 4.69) is 24.4 Å². The van der Waals surface area contributed by atoms with Crippen LogP contribution < -0.4 is 9.47 Å². The Balaban J connectivity index is 2.06. The summed E-state index contributed by atoms with van der Waals surface area (Å²) in [5.74, 6) is 1.59. The molecule has 3 rings (SSSR count). The topological polar surface area (TPSA) is 31.4 Å². The number of nitrogens with zero attached hydrogens (tertiary/aromatic N) is 1. The van der Waals surface area contributed by atoms with Gasteiger partial charge in [0.1, 0.15) is 16.5 Å². The lowest BCUT2D eigenvalue weighted by atomic mass is 10.1. The van der Waals surface area contributed by atoms with Gasteiger partial charge in [0.05, 0.1) is 19.9 Å². The Morgan fingerprint density at radius 3 is 2.50 bits per heavy atom. The van der Waals surface area contributed by atoms with Crippen LogP contribution >= 0.6 is 11.3 Å². The first-order chi connectivity index (χ1) is 10.7. The quantitative estimate of drug-likeness (QED) is 0.693. The van der Waals surface area contributed by atoms with Crippen LogP contribution in [0.15, 0.2) is 47.8 Å². The Morgan fingerprint density at radius 2 is 1.77 bits per heavy atom. The van der Waals surface area contributed by atoms with Gasteiger partial charge in [-0.25, -0.2) is 4.98 Å². The van der Waals surface area contributed by atoms with Crippen molar-refractivity contribution in [3.8, 4) is 33.3 Å². The lowest BCUT2D eigenvalue weighted by Gasteiger charge is -2.08. The summed E-state index contributed by atoms with van der Waals surface area (Å²) in [5.41, 5.74) is 4.23. The molecule has 0 aliphatic carbocycles. The van der Waals surface area contributed by atoms with E-state index in [9.17, 15) is 0 Å². The molecule has 0 aliphatic heterocycles. The van der Waals surface area contributed by atoms with Crippen LogP contribution in [0.1, 0.15) is 5.56 Å². The minimum absolute atomic E-state index is 0.793. The van der Waals surface area contributed by atoms with Crippen molar-refractivity contribution in [1.82, 2.24) is 4.98 Å². The minimum Gasteiger partial charge on any atom is -0.497 e. The Bertz CT molecular complexity index is 795. The van der Waals surface area contributed by atoms with Crippen molar-refractivity contribution < 1.29 is 9.47 Å². The fourth-order valence-electron chi connectivity index (χ4n) is 2.35. The fourth-order valence-corrected chi connectivity index (χ4v) is 3.26. The molecule has 0 fully saturated rings. The largest absolute Gasteiger partial charge is 0.497 e. The minimum atomic E-state index is 0.793. The summed E-state index contributed by atoms with van der Waals surface area (Å²) in [4.78, 5) is 4.78. The van der Waals surface area contributed by atoms with Crippen LogP contribution in [0.3, 0.4) is 0 Å². The van der Waals surface area contributed by atoms with Crippen molar-refractivity contribution in [3.05, 3.63) is 53.4 Å². The number of ether oxygens (including phenoxy) is 2. The van der Waals surface area contributed by atoms with Gasteiger partial charge >= 0.3 is 0 Å². The number of aryl methyl sites for hydroxylation is 1. The van der Waals surface area contributed by atoms with E-state index in [1.165, 1.54) is 11.1 Å². The number of rotatable bonds is 4. The van der Waals surface area contributed by atoms with Gasteiger partial charge in [-0.15, -0.1) is 11.3 Å². The monoisotopic (exact) mass is 311 g/mol. The van der Waals surface area contributed by atoms with Crippen LogP contribution in [0.5, 0.6) is 11.5 Å². The van der Waals surface area contributed by atoms with Gasteiger partial charge in [-0.1, -0.05) is 24.3 Å². The van der Waals surface area contributed by atoms with E-state index in [1.807, 2.05) is 30.3 Å². The molecule has 0 saturated carbocycles. The molecule has 0 aliphatic rings. The molecule has 2 aromatic carbocycles. The van der Waals surface area contributed by atoms with Crippen LogP contribution in [-0.4, -0.2) is 19.2 Å². The molecule has 0 spiro atoms. The van der Waals surface area contributed by atoms with Crippen LogP contribution in [-0.2, 0) is 0 Å². The van der Waals surface area contributed by atoms with Crippen molar-refractivity contribution in [1.29, 1.82) is 0 Å². The van der Waals surface area contributed by atoms with E-state index in [4.69, 9.17) is 14.5 Å². The van der Waals surface area contributed by atoms with Gasteiger partial charge in [-0.05, 0) is 30.7 Å². The first-order valence-corrected chi connectivity index (χ1v) is 7.85. The van der Waals surface area contributed by atoms with Gasteiger partial charge in [0.15, 0.2) is 0 Å². The molecule has 3 nitrogen and oxygen atoms in total. The molecule has 0 atom stereocenters. The van der Waals surface area contributed by atoms with Gasteiger partial charge < -0.3 is 9.47 Å². The van der Waals surface area contributed by atoms with Crippen molar-refractivity contribution in [2.24, 2.45) is 0 Å². The van der Waals surface area contributed by atoms with Crippen LogP contribution in [0, 0.1) is 6.92 Å². The highest BCUT2D eigenvalue weighted by atomic mass is 32.1. The van der Waals surface area contributed by atoms with Crippen molar-refractivity contribution in [3.63, 3.8) is 0 Å². The van der Waals surface area contributed by atoms with Crippen LogP contribution in [0.2, 0.25) is 0 Å². The van der Waals surface area contributed by atoms with E-state index in [1.54, 1.807) is 25.6 Å². The van der Waals surface area contributed by atoms with Crippen molar-refractivity contribution in [2.45, 2.75) is 6.92 Å². The van der Waals surface area contributed by atoms with Gasteiger partial charge in [-0.3, -0.25) is 0 Å². The summed E-state index contributed by atoms with van der Waals surface area (Å²) in [6.07, 6.45) is 0. The van der Waals surface area contributed by atoms with Crippen molar-refractivity contribution in [2.75, 3.05) is 14.2 Å². The highest BCUT2D eigenvalue weighted by molar-refractivity contribution is 7.13. The molecule has 4 heteroatoms. The highest BCUT2D eigenvalue weighted by Crippen LogP contribution is 2.36. The maximum Gasteiger partial charge on any atom is 0.128 e. The first-order valence-electron chi connectivity index (χ1n) is 6.97. The SMILES string of the molecule is COc1ccc(OC)c(-c2csc(-c3ccccc3C)n2)c1. The van der Waals surface area contributed by atoms with Gasteiger partial charge in [-0.2, -0.15) is 0 Å². The molecule has 0 saturated heterocycles. The third-order valence-electron chi connectivity index (χ3n) is 3.56. The molecule has 1 aromatic heterocycles. The summed E-state index contributed by atoms with van der Waals surface area (Å²) < 4.78 is 10.8. The number of benzene rings is 2. The fraction of sp³-hybridized carbons (Fsp3) is 0.167. The Labute approximate surface area is 134 Å².